The zero-order valence-electron chi connectivity index (χ0n) is 21.2. The zero-order chi connectivity index (χ0) is 29.3. The Labute approximate surface area is 230 Å². The van der Waals surface area contributed by atoms with Gasteiger partial charge in [0.15, 0.2) is 29.2 Å². The molecule has 0 bridgehead atoms. The molecule has 0 radical (unpaired) electrons. The fourth-order valence-corrected chi connectivity index (χ4v) is 5.87. The quantitative estimate of drug-likeness (QED) is 0.178. The lowest BCUT2D eigenvalue weighted by atomic mass is 9.84. The van der Waals surface area contributed by atoms with Gasteiger partial charge in [-0.3, -0.25) is 19.4 Å². The summed E-state index contributed by atoms with van der Waals surface area (Å²) >= 11 is 0. The molecule has 8 N–H and O–H groups in total. The number of nitrogens with two attached hydrogens (primary N) is 2. The minimum atomic E-state index is -2.87. The van der Waals surface area contributed by atoms with Crippen LogP contribution >= 0.6 is 0 Å². The number of amides is 4. The maximum Gasteiger partial charge on any atom is 0.331 e. The van der Waals surface area contributed by atoms with Crippen molar-refractivity contribution in [1.82, 2.24) is 20.4 Å². The number of para-hydroxylation sites is 1. The number of carbonyl (C=O) groups excluding carboxylic acids is 3. The summed E-state index contributed by atoms with van der Waals surface area (Å²) in [6, 6.07) is 7.17. The average Bonchev–Trinajstić information content (AvgIpc) is 3.51. The molecule has 3 unspecified atom stereocenters. The van der Waals surface area contributed by atoms with Gasteiger partial charge in [0.1, 0.15) is 18.6 Å². The third-order valence-corrected chi connectivity index (χ3v) is 7.80. The molecule has 41 heavy (non-hydrogen) atoms. The summed E-state index contributed by atoms with van der Waals surface area (Å²) < 4.78 is 28.0. The number of guanidine groups is 2. The fraction of sp³-hybridized carbons (Fsp3) is 0.320. The molecule has 2 fully saturated rings. The number of rotatable bonds is 5. The van der Waals surface area contributed by atoms with Crippen LogP contribution in [0.5, 0.6) is 0 Å². The van der Waals surface area contributed by atoms with Crippen molar-refractivity contribution in [3.63, 3.8) is 0 Å². The number of anilines is 1. The Morgan fingerprint density at radius 3 is 2.56 bits per heavy atom. The molecule has 14 nitrogen and oxygen atoms in total. The second-order valence-corrected chi connectivity index (χ2v) is 10.1. The van der Waals surface area contributed by atoms with E-state index in [1.54, 1.807) is 30.3 Å². The van der Waals surface area contributed by atoms with E-state index in [1.165, 1.54) is 9.80 Å². The van der Waals surface area contributed by atoms with Gasteiger partial charge in [-0.25, -0.2) is 23.6 Å². The number of benzene rings is 2. The predicted octanol–water partition coefficient (Wildman–Crippen LogP) is -1.79. The van der Waals surface area contributed by atoms with E-state index in [0.29, 0.717) is 5.69 Å². The second-order valence-electron chi connectivity index (χ2n) is 10.1. The highest BCUT2D eigenvalue weighted by Gasteiger charge is 2.73. The number of halogens is 2. The number of nitrogens with one attached hydrogen (secondary N) is 2. The van der Waals surface area contributed by atoms with E-state index in [2.05, 4.69) is 20.6 Å². The number of aliphatic imine (C=N–C) groups is 2. The lowest BCUT2D eigenvalue weighted by Gasteiger charge is -2.49. The van der Waals surface area contributed by atoms with Crippen LogP contribution in [0.2, 0.25) is 0 Å². The van der Waals surface area contributed by atoms with E-state index in [1.807, 2.05) is 0 Å². The molecule has 2 saturated heterocycles. The number of nitrogens with zero attached hydrogens (tertiary/aromatic N) is 5. The molecule has 4 amide bonds. The Balaban J connectivity index is 1.29. The van der Waals surface area contributed by atoms with Crippen molar-refractivity contribution < 1.29 is 33.4 Å². The molecule has 16 heteroatoms. The Kier molecular flexibility index (Phi) is 5.86. The van der Waals surface area contributed by atoms with Crippen molar-refractivity contribution in [2.45, 2.75) is 29.6 Å². The highest BCUT2D eigenvalue weighted by atomic mass is 19.2. The third kappa shape index (κ3) is 3.78. The second kappa shape index (κ2) is 9.10. The van der Waals surface area contributed by atoms with Crippen LogP contribution in [0.1, 0.15) is 10.4 Å². The predicted molar refractivity (Wildman–Crippen MR) is 139 cm³/mol. The first-order valence-electron chi connectivity index (χ1n) is 12.5. The Morgan fingerprint density at radius 2 is 1.83 bits per heavy atom. The van der Waals surface area contributed by atoms with Crippen molar-refractivity contribution >= 4 is 35.5 Å². The lowest BCUT2D eigenvalue weighted by molar-refractivity contribution is -0.230. The summed E-state index contributed by atoms with van der Waals surface area (Å²) in [7, 11) is 0. The van der Waals surface area contributed by atoms with Crippen molar-refractivity contribution in [3.05, 3.63) is 65.7 Å². The van der Waals surface area contributed by atoms with Crippen LogP contribution < -0.4 is 27.0 Å². The van der Waals surface area contributed by atoms with Crippen LogP contribution in [0, 0.1) is 11.6 Å². The molecule has 4 heterocycles. The van der Waals surface area contributed by atoms with Gasteiger partial charge in [0, 0.05) is 12.2 Å². The molecular weight excluding hydrogens is 544 g/mol. The van der Waals surface area contributed by atoms with Crippen LogP contribution in [-0.2, 0) is 4.79 Å². The molecule has 2 aromatic carbocycles. The van der Waals surface area contributed by atoms with Gasteiger partial charge in [0.2, 0.25) is 5.79 Å². The minimum Gasteiger partial charge on any atom is -0.370 e. The zero-order valence-corrected chi connectivity index (χ0v) is 21.2. The van der Waals surface area contributed by atoms with Crippen LogP contribution in [0.25, 0.3) is 0 Å². The van der Waals surface area contributed by atoms with E-state index < -0.39 is 64.6 Å². The van der Waals surface area contributed by atoms with Gasteiger partial charge in [-0.05, 0) is 24.3 Å². The first-order valence-corrected chi connectivity index (χ1v) is 12.5. The number of hydrogen-bond acceptors (Lipinski definition) is 11. The molecule has 0 aromatic heterocycles. The van der Waals surface area contributed by atoms with Crippen molar-refractivity contribution in [3.8, 4) is 0 Å². The lowest BCUT2D eigenvalue weighted by Crippen LogP contribution is -2.78. The third-order valence-electron chi connectivity index (χ3n) is 7.80. The topological polar surface area (TPSA) is 202 Å². The van der Waals surface area contributed by atoms with Crippen molar-refractivity contribution in [2.75, 3.05) is 24.5 Å². The maximum atomic E-state index is 14.3. The van der Waals surface area contributed by atoms with Gasteiger partial charge in [-0.15, -0.1) is 0 Å². The SMILES string of the molecule is NC1=NC2C(CN3C(=O)CN(c4ccccc4)C3=O)N=C(N)N3CC(NC(=O)c4cccc(F)c4F)C(O)(O)[C@]23N1. The molecule has 4 atom stereocenters. The van der Waals surface area contributed by atoms with Gasteiger partial charge in [0.25, 0.3) is 11.8 Å². The number of imide groups is 1. The molecule has 214 valence electrons. The van der Waals surface area contributed by atoms with Gasteiger partial charge in [0.05, 0.1) is 18.2 Å². The maximum absolute atomic E-state index is 14.3. The van der Waals surface area contributed by atoms with Gasteiger partial charge in [-0.1, -0.05) is 24.3 Å². The highest BCUT2D eigenvalue weighted by Crippen LogP contribution is 2.45. The van der Waals surface area contributed by atoms with Crippen LogP contribution in [0.4, 0.5) is 19.3 Å². The molecule has 4 aliphatic rings. The van der Waals surface area contributed by atoms with Gasteiger partial charge >= 0.3 is 6.03 Å². The summed E-state index contributed by atoms with van der Waals surface area (Å²) in [6.45, 7) is -0.871. The Morgan fingerprint density at radius 1 is 1.10 bits per heavy atom. The average molecular weight is 570 g/mol. The first kappa shape index (κ1) is 26.4. The fourth-order valence-electron chi connectivity index (χ4n) is 5.87. The number of aliphatic hydroxyl groups is 2. The standard InChI is InChI=1S/C25H25F2N9O5/c26-14-8-4-7-13(18(14)27)20(38)31-16-10-36-22(29)30-15(19-24(36,25(16,40)41)33-21(28)32-19)9-35-17(37)11-34(23(35)39)12-5-2-1-3-6-12/h1-8,15-16,19,40-41H,9-11H2,(H2,29,30)(H,31,38)(H3,28,32,33)/t15?,16?,19?,24-/m0/s1. The van der Waals surface area contributed by atoms with E-state index in [0.717, 1.165) is 23.1 Å². The summed E-state index contributed by atoms with van der Waals surface area (Å²) in [4.78, 5) is 51.1. The molecule has 6 rings (SSSR count). The largest absolute Gasteiger partial charge is 0.370 e. The number of hydrogen-bond donors (Lipinski definition) is 6. The van der Waals surface area contributed by atoms with E-state index >= 15 is 0 Å². The molecule has 1 spiro atoms. The molecule has 0 aliphatic carbocycles. The van der Waals surface area contributed by atoms with Crippen molar-refractivity contribution in [1.29, 1.82) is 0 Å². The summed E-state index contributed by atoms with van der Waals surface area (Å²) in [5.41, 5.74) is 10.1. The van der Waals surface area contributed by atoms with Crippen molar-refractivity contribution in [2.24, 2.45) is 21.5 Å². The highest BCUT2D eigenvalue weighted by molar-refractivity contribution is 6.12. The van der Waals surface area contributed by atoms with Crippen LogP contribution in [0.3, 0.4) is 0 Å². The summed E-state index contributed by atoms with van der Waals surface area (Å²) in [5, 5.41) is 28.1. The normalized spacial score (nSPS) is 28.2. The minimum absolute atomic E-state index is 0.212. The Bertz CT molecular complexity index is 1520. The van der Waals surface area contributed by atoms with E-state index in [4.69, 9.17) is 11.5 Å². The summed E-state index contributed by atoms with van der Waals surface area (Å²) in [6.07, 6.45) is 0. The monoisotopic (exact) mass is 569 g/mol. The summed E-state index contributed by atoms with van der Waals surface area (Å²) in [5.74, 6) is -7.58. The van der Waals surface area contributed by atoms with Gasteiger partial charge in [-0.2, -0.15) is 0 Å². The molecule has 4 aliphatic heterocycles. The molecular formula is C25H25F2N9O5. The first-order chi connectivity index (χ1) is 19.5. The van der Waals surface area contributed by atoms with Gasteiger partial charge < -0.3 is 37.2 Å². The van der Waals surface area contributed by atoms with E-state index in [-0.39, 0.29) is 31.6 Å². The smallest absolute Gasteiger partial charge is 0.331 e. The van der Waals surface area contributed by atoms with Crippen LogP contribution in [0.15, 0.2) is 58.5 Å². The molecule has 2 aromatic rings. The van der Waals surface area contributed by atoms with E-state index in [9.17, 15) is 33.4 Å². The number of carbonyl (C=O) groups is 3. The Hall–Kier alpha value is -4.83. The van der Waals surface area contributed by atoms with Crippen LogP contribution in [-0.4, -0.2) is 99.0 Å². The molecule has 0 saturated carbocycles. The number of urea groups is 1.